The minimum absolute atomic E-state index is 0. The van der Waals surface area contributed by atoms with Gasteiger partial charge in [0, 0.05) is 0 Å². The molecule has 0 bridgehead atoms. The fourth-order valence-electron chi connectivity index (χ4n) is 0. The van der Waals surface area contributed by atoms with E-state index < -0.39 is 0 Å². The van der Waals surface area contributed by atoms with Crippen LogP contribution in [0, 0.1) is 49.4 Å². The average Bonchev–Trinajstić information content (AvgIpc) is 0. The van der Waals surface area contributed by atoms with Crippen LogP contribution in [0.15, 0.2) is 0 Å². The summed E-state index contributed by atoms with van der Waals surface area (Å²) in [5.74, 6) is 0. The third-order valence-electron chi connectivity index (χ3n) is 0. The molecular weight excluding hydrogens is 337 g/mol. The Morgan fingerprint density at radius 1 is 0.375 bits per heavy atom. The summed E-state index contributed by atoms with van der Waals surface area (Å²) in [6, 6.07) is 0. The van der Waals surface area contributed by atoms with Crippen LogP contribution < -0.4 is 0 Å². The van der Waals surface area contributed by atoms with Gasteiger partial charge in [-0.1, -0.05) is 0 Å². The quantitative estimate of drug-likeness (QED) is 0.540. The van der Waals surface area contributed by atoms with Crippen LogP contribution in [0.3, 0.4) is 0 Å². The van der Waals surface area contributed by atoms with Crippen molar-refractivity contribution in [1.29, 1.82) is 0 Å². The van der Waals surface area contributed by atoms with E-state index in [0.717, 1.165) is 0 Å². The molecule has 0 saturated carbocycles. The minimum Gasteiger partial charge on any atom is -0.870 e. The minimum atomic E-state index is 0. The fraction of sp³-hybridized carbons (Fsp3) is 0. The Labute approximate surface area is 113 Å². The van der Waals surface area contributed by atoms with Crippen molar-refractivity contribution in [3.05, 3.63) is 0 Å². The Hall–Kier alpha value is 2.45. The van der Waals surface area contributed by atoms with Crippen LogP contribution in [0.2, 0.25) is 0 Å². The first-order valence-corrected chi connectivity index (χ1v) is 0. The van der Waals surface area contributed by atoms with Crippen molar-refractivity contribution in [2.45, 2.75) is 0 Å². The largest absolute Gasteiger partial charge is 3.00 e. The van der Waals surface area contributed by atoms with Gasteiger partial charge in [-0.05, 0) is 0 Å². The van der Waals surface area contributed by atoms with Gasteiger partial charge in [-0.3, -0.25) is 0 Å². The van der Waals surface area contributed by atoms with E-state index in [2.05, 4.69) is 0 Å². The van der Waals surface area contributed by atoms with Gasteiger partial charge in [0.2, 0.25) is 0 Å². The van der Waals surface area contributed by atoms with Gasteiger partial charge in [0.1, 0.15) is 0 Å². The van der Waals surface area contributed by atoms with Crippen molar-refractivity contribution in [2.75, 3.05) is 0 Å². The molecule has 0 amide bonds. The third-order valence-corrected chi connectivity index (χ3v) is 0. The van der Waals surface area contributed by atoms with Gasteiger partial charge < -0.3 is 32.9 Å². The molecule has 0 atom stereocenters. The molecule has 0 heterocycles. The maximum Gasteiger partial charge on any atom is 3.00 e. The van der Waals surface area contributed by atoms with E-state index in [-0.39, 0.29) is 115 Å². The van der Waals surface area contributed by atoms with Crippen molar-refractivity contribution in [3.63, 3.8) is 0 Å². The van der Waals surface area contributed by atoms with Crippen LogP contribution in [-0.2, 0) is 32.7 Å². The molecule has 8 heteroatoms. The van der Waals surface area contributed by atoms with Gasteiger partial charge in [-0.25, -0.2) is 0 Å². The molecule has 0 aliphatic rings. The van der Waals surface area contributed by atoms with Crippen molar-refractivity contribution in [2.24, 2.45) is 0 Å². The van der Waals surface area contributed by atoms with Gasteiger partial charge in [0.25, 0.3) is 0 Å². The van der Waals surface area contributed by atoms with Gasteiger partial charge in [0.15, 0.2) is 0 Å². The first kappa shape index (κ1) is 156. The third kappa shape index (κ3) is 78.2. The van der Waals surface area contributed by atoms with Crippen LogP contribution in [0.1, 0.15) is 0 Å². The standard InChI is InChI=1S/Eu.6H2O.Y/h;6*1H2;/q+3;;;;;;;+3/p-6. The van der Waals surface area contributed by atoms with E-state index in [1.807, 2.05) is 0 Å². The smallest absolute Gasteiger partial charge is 0.870 e. The Bertz CT molecular complexity index is 8.49. The van der Waals surface area contributed by atoms with Gasteiger partial charge in [-0.2, -0.15) is 0 Å². The van der Waals surface area contributed by atoms with Crippen molar-refractivity contribution in [1.82, 2.24) is 0 Å². The molecule has 0 aliphatic heterocycles. The summed E-state index contributed by atoms with van der Waals surface area (Å²) in [4.78, 5) is 0. The first-order valence-electron chi connectivity index (χ1n) is 0. The Kier molecular flexibility index (Phi) is 2190. The molecule has 0 radical (unpaired) electrons. The van der Waals surface area contributed by atoms with Crippen LogP contribution in [0.4, 0.5) is 0 Å². The molecule has 0 aromatic heterocycles. The topological polar surface area (TPSA) is 180 Å². The summed E-state index contributed by atoms with van der Waals surface area (Å²) in [6.07, 6.45) is 0. The van der Waals surface area contributed by atoms with Gasteiger partial charge >= 0.3 is 82.1 Å². The summed E-state index contributed by atoms with van der Waals surface area (Å²) in [6.45, 7) is 0. The summed E-state index contributed by atoms with van der Waals surface area (Å²) in [5.41, 5.74) is 0. The van der Waals surface area contributed by atoms with Gasteiger partial charge in [0.05, 0.1) is 0 Å². The van der Waals surface area contributed by atoms with Crippen molar-refractivity contribution >= 4 is 0 Å². The van der Waals surface area contributed by atoms with Crippen LogP contribution in [0.5, 0.6) is 0 Å². The molecule has 52 valence electrons. The number of rotatable bonds is 0. The second-order valence-electron chi connectivity index (χ2n) is 0. The SMILES string of the molecule is [Eu+3].[OH-].[OH-].[OH-].[OH-].[OH-].[OH-].[Y+3]. The van der Waals surface area contributed by atoms with E-state index in [1.54, 1.807) is 0 Å². The molecule has 0 aliphatic carbocycles. The van der Waals surface area contributed by atoms with Crippen LogP contribution >= 0.6 is 0 Å². The van der Waals surface area contributed by atoms with Crippen molar-refractivity contribution in [3.8, 4) is 0 Å². The van der Waals surface area contributed by atoms with Crippen molar-refractivity contribution < 1.29 is 115 Å². The summed E-state index contributed by atoms with van der Waals surface area (Å²) in [5, 5.41) is 0. The first-order chi connectivity index (χ1) is 0. The molecule has 6 nitrogen and oxygen atoms in total. The fourth-order valence-corrected chi connectivity index (χ4v) is 0. The zero-order valence-electron chi connectivity index (χ0n) is 3.64. The molecule has 0 fully saturated rings. The average molecular weight is 343 g/mol. The summed E-state index contributed by atoms with van der Waals surface area (Å²) >= 11 is 0. The number of hydrogen-bond acceptors (Lipinski definition) is 6. The van der Waals surface area contributed by atoms with Crippen LogP contribution in [0.25, 0.3) is 0 Å². The molecule has 0 aromatic carbocycles. The maximum absolute atomic E-state index is 0. The second kappa shape index (κ2) is 113. The second-order valence-corrected chi connectivity index (χ2v) is 0. The predicted octanol–water partition coefficient (Wildman–Crippen LogP) is -1.06. The zero-order valence-corrected chi connectivity index (χ0v) is 8.90. The van der Waals surface area contributed by atoms with E-state index in [4.69, 9.17) is 0 Å². The van der Waals surface area contributed by atoms with E-state index in [0.29, 0.717) is 0 Å². The van der Waals surface area contributed by atoms with Gasteiger partial charge in [-0.15, -0.1) is 0 Å². The van der Waals surface area contributed by atoms with Crippen LogP contribution in [-0.4, -0.2) is 32.9 Å². The maximum atomic E-state index is 0. The molecule has 0 rings (SSSR count). The monoisotopic (exact) mass is 344 g/mol. The Morgan fingerprint density at radius 3 is 0.375 bits per heavy atom. The molecule has 0 saturated heterocycles. The predicted molar refractivity (Wildman–Crippen MR) is 11.6 cm³/mol. The molecule has 6 N–H and O–H groups in total. The normalized spacial score (nSPS) is 0. The molecule has 0 spiro atoms. The summed E-state index contributed by atoms with van der Waals surface area (Å²) in [7, 11) is 0. The molecule has 0 unspecified atom stereocenters. The Balaban J connectivity index is 0. The zero-order chi connectivity index (χ0) is 0. The Morgan fingerprint density at radius 2 is 0.375 bits per heavy atom. The molecular formula is H6EuO6Y. The van der Waals surface area contributed by atoms with E-state index in [1.165, 1.54) is 0 Å². The molecule has 8 heavy (non-hydrogen) atoms. The summed E-state index contributed by atoms with van der Waals surface area (Å²) < 4.78 is 0. The number of hydrogen-bond donors (Lipinski definition) is 0. The van der Waals surface area contributed by atoms with E-state index >= 15 is 0 Å². The molecule has 0 aromatic rings. The van der Waals surface area contributed by atoms with E-state index in [9.17, 15) is 0 Å².